The fourth-order valence-corrected chi connectivity index (χ4v) is 5.13. The predicted octanol–water partition coefficient (Wildman–Crippen LogP) is 7.19. The highest BCUT2D eigenvalue weighted by molar-refractivity contribution is 7.14. The SMILES string of the molecule is Cc1ccc([C@@H]2CC(c3cccs3)=NN2c2nc(-c3ccc(Cl)cc3)cs2)cc1. The minimum Gasteiger partial charge on any atom is -0.231 e. The van der Waals surface area contributed by atoms with Crippen molar-refractivity contribution in [1.82, 2.24) is 4.98 Å². The van der Waals surface area contributed by atoms with Crippen LogP contribution in [-0.4, -0.2) is 10.7 Å². The number of thiazole rings is 1. The molecule has 0 radical (unpaired) electrons. The van der Waals surface area contributed by atoms with Crippen molar-refractivity contribution in [2.75, 3.05) is 5.01 Å². The molecule has 29 heavy (non-hydrogen) atoms. The fraction of sp³-hybridized carbons (Fsp3) is 0.130. The number of rotatable bonds is 4. The van der Waals surface area contributed by atoms with Crippen molar-refractivity contribution in [3.63, 3.8) is 0 Å². The smallest absolute Gasteiger partial charge is 0.207 e. The highest BCUT2D eigenvalue weighted by Crippen LogP contribution is 2.40. The molecule has 0 N–H and O–H groups in total. The van der Waals surface area contributed by atoms with Crippen molar-refractivity contribution in [1.29, 1.82) is 0 Å². The third-order valence-electron chi connectivity index (χ3n) is 5.01. The number of anilines is 1. The zero-order chi connectivity index (χ0) is 19.8. The maximum absolute atomic E-state index is 6.03. The molecule has 0 bridgehead atoms. The number of aromatic nitrogens is 1. The maximum Gasteiger partial charge on any atom is 0.207 e. The first-order valence-electron chi connectivity index (χ1n) is 9.36. The molecule has 1 aliphatic heterocycles. The van der Waals surface area contributed by atoms with Gasteiger partial charge in [-0.3, -0.25) is 0 Å². The summed E-state index contributed by atoms with van der Waals surface area (Å²) in [6.45, 7) is 2.11. The van der Waals surface area contributed by atoms with Crippen LogP contribution < -0.4 is 5.01 Å². The van der Waals surface area contributed by atoms with Crippen LogP contribution in [0, 0.1) is 6.92 Å². The minimum atomic E-state index is 0.150. The zero-order valence-electron chi connectivity index (χ0n) is 15.7. The molecule has 0 fully saturated rings. The second-order valence-corrected chi connectivity index (χ2v) is 9.24. The Balaban J connectivity index is 1.52. The van der Waals surface area contributed by atoms with Gasteiger partial charge in [-0.15, -0.1) is 22.7 Å². The van der Waals surface area contributed by atoms with E-state index < -0.39 is 0 Å². The molecule has 6 heteroatoms. The second kappa shape index (κ2) is 7.75. The quantitative estimate of drug-likeness (QED) is 0.339. The van der Waals surface area contributed by atoms with E-state index in [4.69, 9.17) is 21.7 Å². The van der Waals surface area contributed by atoms with Crippen LogP contribution in [0.3, 0.4) is 0 Å². The zero-order valence-corrected chi connectivity index (χ0v) is 18.1. The molecule has 0 saturated heterocycles. The van der Waals surface area contributed by atoms with Gasteiger partial charge in [-0.1, -0.05) is 59.6 Å². The molecule has 144 valence electrons. The fourth-order valence-electron chi connectivity index (χ4n) is 3.45. The average molecular weight is 436 g/mol. The first-order chi connectivity index (χ1) is 14.2. The normalized spacial score (nSPS) is 16.3. The maximum atomic E-state index is 6.03. The predicted molar refractivity (Wildman–Crippen MR) is 124 cm³/mol. The number of aryl methyl sites for hydroxylation is 1. The number of hydrazone groups is 1. The molecule has 2 aromatic carbocycles. The molecule has 1 atom stereocenters. The van der Waals surface area contributed by atoms with Gasteiger partial charge in [-0.05, 0) is 36.1 Å². The van der Waals surface area contributed by atoms with Gasteiger partial charge in [0.15, 0.2) is 0 Å². The molecule has 3 heterocycles. The Bertz CT molecular complexity index is 1150. The summed E-state index contributed by atoms with van der Waals surface area (Å²) in [7, 11) is 0. The van der Waals surface area contributed by atoms with E-state index in [0.29, 0.717) is 0 Å². The van der Waals surface area contributed by atoms with Crippen LogP contribution in [0.4, 0.5) is 5.13 Å². The van der Waals surface area contributed by atoms with Crippen LogP contribution >= 0.6 is 34.3 Å². The molecule has 4 aromatic rings. The third kappa shape index (κ3) is 3.73. The Hall–Kier alpha value is -2.47. The number of halogens is 1. The van der Waals surface area contributed by atoms with Gasteiger partial charge in [0.25, 0.3) is 0 Å². The first-order valence-corrected chi connectivity index (χ1v) is 11.5. The summed E-state index contributed by atoms with van der Waals surface area (Å²) in [6.07, 6.45) is 0.874. The highest BCUT2D eigenvalue weighted by atomic mass is 35.5. The van der Waals surface area contributed by atoms with Gasteiger partial charge in [0.1, 0.15) is 0 Å². The van der Waals surface area contributed by atoms with Gasteiger partial charge in [-0.2, -0.15) is 5.10 Å². The van der Waals surface area contributed by atoms with E-state index in [1.165, 1.54) is 16.0 Å². The molecule has 3 nitrogen and oxygen atoms in total. The van der Waals surface area contributed by atoms with Gasteiger partial charge >= 0.3 is 0 Å². The van der Waals surface area contributed by atoms with Gasteiger partial charge in [0.2, 0.25) is 5.13 Å². The largest absolute Gasteiger partial charge is 0.231 e. The topological polar surface area (TPSA) is 28.5 Å². The molecule has 0 spiro atoms. The number of nitrogens with zero attached hydrogens (tertiary/aromatic N) is 3. The summed E-state index contributed by atoms with van der Waals surface area (Å²) in [5.74, 6) is 0. The molecule has 5 rings (SSSR count). The second-order valence-electron chi connectivity index (χ2n) is 7.02. The molecular weight excluding hydrogens is 418 g/mol. The first kappa shape index (κ1) is 18.6. The van der Waals surface area contributed by atoms with E-state index >= 15 is 0 Å². The van der Waals surface area contributed by atoms with Crippen LogP contribution in [0.15, 0.2) is 76.5 Å². The molecule has 0 amide bonds. The highest BCUT2D eigenvalue weighted by Gasteiger charge is 2.32. The Labute approximate surface area is 182 Å². The van der Waals surface area contributed by atoms with Crippen molar-refractivity contribution in [3.05, 3.63) is 92.5 Å². The van der Waals surface area contributed by atoms with E-state index in [0.717, 1.165) is 33.5 Å². The van der Waals surface area contributed by atoms with E-state index in [-0.39, 0.29) is 6.04 Å². The van der Waals surface area contributed by atoms with E-state index in [2.05, 4.69) is 59.1 Å². The molecule has 0 unspecified atom stereocenters. The lowest BCUT2D eigenvalue weighted by Gasteiger charge is -2.21. The average Bonchev–Trinajstić information content (AvgIpc) is 3.48. The number of thiophene rings is 1. The van der Waals surface area contributed by atoms with E-state index in [1.807, 2.05) is 24.3 Å². The van der Waals surface area contributed by atoms with Crippen LogP contribution in [0.2, 0.25) is 5.02 Å². The van der Waals surface area contributed by atoms with Crippen molar-refractivity contribution in [2.24, 2.45) is 5.10 Å². The summed E-state index contributed by atoms with van der Waals surface area (Å²) < 4.78 is 0. The third-order valence-corrected chi connectivity index (χ3v) is 7.01. The van der Waals surface area contributed by atoms with Crippen LogP contribution in [0.25, 0.3) is 11.3 Å². The Morgan fingerprint density at radius 2 is 1.79 bits per heavy atom. The summed E-state index contributed by atoms with van der Waals surface area (Å²) >= 11 is 9.39. The Morgan fingerprint density at radius 3 is 2.52 bits per heavy atom. The van der Waals surface area contributed by atoms with E-state index in [1.54, 1.807) is 22.7 Å². The molecule has 2 aromatic heterocycles. The van der Waals surface area contributed by atoms with E-state index in [9.17, 15) is 0 Å². The lowest BCUT2D eigenvalue weighted by molar-refractivity contribution is 0.706. The van der Waals surface area contributed by atoms with Crippen molar-refractivity contribution >= 4 is 45.1 Å². The van der Waals surface area contributed by atoms with Crippen LogP contribution in [0.1, 0.15) is 28.5 Å². The van der Waals surface area contributed by atoms with Gasteiger partial charge in [0.05, 0.1) is 22.3 Å². The summed E-state index contributed by atoms with van der Waals surface area (Å²) in [5, 5.41) is 12.9. The van der Waals surface area contributed by atoms with Crippen LogP contribution in [0.5, 0.6) is 0 Å². The molecule has 0 aliphatic carbocycles. The Morgan fingerprint density at radius 1 is 1.00 bits per heavy atom. The van der Waals surface area contributed by atoms with Crippen LogP contribution in [-0.2, 0) is 0 Å². The van der Waals surface area contributed by atoms with Crippen molar-refractivity contribution in [2.45, 2.75) is 19.4 Å². The molecule has 1 aliphatic rings. The molecular formula is C23H18ClN3S2. The minimum absolute atomic E-state index is 0.150. The number of benzene rings is 2. The molecule has 0 saturated carbocycles. The summed E-state index contributed by atoms with van der Waals surface area (Å²) in [5.41, 5.74) is 5.65. The Kier molecular flexibility index (Phi) is 4.96. The van der Waals surface area contributed by atoms with Gasteiger partial charge in [-0.25, -0.2) is 9.99 Å². The lowest BCUT2D eigenvalue weighted by atomic mass is 10.0. The summed E-state index contributed by atoms with van der Waals surface area (Å²) in [6, 6.07) is 20.9. The number of hydrogen-bond donors (Lipinski definition) is 0. The van der Waals surface area contributed by atoms with Gasteiger partial charge < -0.3 is 0 Å². The number of hydrogen-bond acceptors (Lipinski definition) is 5. The monoisotopic (exact) mass is 435 g/mol. The summed E-state index contributed by atoms with van der Waals surface area (Å²) in [4.78, 5) is 6.12. The standard InChI is InChI=1S/C23H18ClN3S2/c1-15-4-6-17(7-5-15)21-13-19(22-3-2-12-28-22)26-27(21)23-25-20(14-29-23)16-8-10-18(24)11-9-16/h2-12,14,21H,13H2,1H3/t21-/m0/s1. The van der Waals surface area contributed by atoms with Crippen molar-refractivity contribution < 1.29 is 0 Å². The lowest BCUT2D eigenvalue weighted by Crippen LogP contribution is -2.18. The van der Waals surface area contributed by atoms with Gasteiger partial charge in [0, 0.05) is 22.4 Å². The van der Waals surface area contributed by atoms with Crippen molar-refractivity contribution in [3.8, 4) is 11.3 Å².